The van der Waals surface area contributed by atoms with Crippen LogP contribution in [0.15, 0.2) is 59.7 Å². The van der Waals surface area contributed by atoms with Gasteiger partial charge in [-0.15, -0.1) is 0 Å². The molecular weight excluding hydrogens is 312 g/mol. The highest BCUT2D eigenvalue weighted by molar-refractivity contribution is 5.79. The first-order chi connectivity index (χ1) is 12.4. The number of rotatable bonds is 5. The van der Waals surface area contributed by atoms with Gasteiger partial charge in [0.25, 0.3) is 0 Å². The normalized spacial score (nSPS) is 20.9. The molecule has 1 aliphatic rings. The van der Waals surface area contributed by atoms with E-state index in [1.54, 1.807) is 13.2 Å². The molecule has 2 heterocycles. The number of nitrogens with one attached hydrogen (secondary N) is 2. The summed E-state index contributed by atoms with van der Waals surface area (Å²) in [6, 6.07) is 16.4. The molecule has 0 aliphatic carbocycles. The molecule has 3 rings (SSSR count). The monoisotopic (exact) mass is 338 g/mol. The maximum absolute atomic E-state index is 6.06. The molecule has 25 heavy (non-hydrogen) atoms. The predicted molar refractivity (Wildman–Crippen MR) is 100 cm³/mol. The van der Waals surface area contributed by atoms with Crippen molar-refractivity contribution in [2.75, 3.05) is 20.2 Å². The molecule has 1 fully saturated rings. The topological polar surface area (TPSA) is 58.5 Å². The molecule has 2 unspecified atom stereocenters. The maximum atomic E-state index is 6.06. The lowest BCUT2D eigenvalue weighted by Crippen LogP contribution is -2.41. The number of aliphatic imine (C=N–C) groups is 1. The van der Waals surface area contributed by atoms with Crippen molar-refractivity contribution >= 4 is 5.96 Å². The quantitative estimate of drug-likeness (QED) is 0.650. The molecule has 1 aromatic carbocycles. The number of benzene rings is 1. The van der Waals surface area contributed by atoms with Crippen LogP contribution in [-0.2, 0) is 11.3 Å². The van der Waals surface area contributed by atoms with Crippen LogP contribution in [0, 0.1) is 5.92 Å². The lowest BCUT2D eigenvalue weighted by Gasteiger charge is -2.32. The number of aromatic nitrogens is 1. The second-order valence-electron chi connectivity index (χ2n) is 6.23. The zero-order chi connectivity index (χ0) is 17.3. The molecule has 2 N–H and O–H groups in total. The second kappa shape index (κ2) is 9.18. The van der Waals surface area contributed by atoms with Gasteiger partial charge in [0.15, 0.2) is 5.96 Å². The SMILES string of the molecule is CN=C(NCc1ccccn1)NCC1CCCOC1c1ccccc1. The average Bonchev–Trinajstić information content (AvgIpc) is 2.70. The molecule has 5 nitrogen and oxygen atoms in total. The molecule has 1 saturated heterocycles. The summed E-state index contributed by atoms with van der Waals surface area (Å²) in [6.07, 6.45) is 4.22. The summed E-state index contributed by atoms with van der Waals surface area (Å²) >= 11 is 0. The van der Waals surface area contributed by atoms with Gasteiger partial charge in [-0.3, -0.25) is 9.98 Å². The van der Waals surface area contributed by atoms with E-state index in [9.17, 15) is 0 Å². The van der Waals surface area contributed by atoms with E-state index in [4.69, 9.17) is 4.74 Å². The highest BCUT2D eigenvalue weighted by atomic mass is 16.5. The fraction of sp³-hybridized carbons (Fsp3) is 0.400. The Morgan fingerprint density at radius 3 is 2.76 bits per heavy atom. The van der Waals surface area contributed by atoms with E-state index in [0.717, 1.165) is 37.6 Å². The molecule has 132 valence electrons. The first-order valence-corrected chi connectivity index (χ1v) is 8.88. The third-order valence-electron chi connectivity index (χ3n) is 4.49. The van der Waals surface area contributed by atoms with Gasteiger partial charge in [0, 0.05) is 32.3 Å². The Balaban J connectivity index is 1.54. The highest BCUT2D eigenvalue weighted by Gasteiger charge is 2.27. The summed E-state index contributed by atoms with van der Waals surface area (Å²) < 4.78 is 6.06. The molecule has 2 atom stereocenters. The van der Waals surface area contributed by atoms with Gasteiger partial charge in [-0.05, 0) is 30.5 Å². The minimum Gasteiger partial charge on any atom is -0.373 e. The van der Waals surface area contributed by atoms with Crippen molar-refractivity contribution in [2.24, 2.45) is 10.9 Å². The Kier molecular flexibility index (Phi) is 6.40. The van der Waals surface area contributed by atoms with Crippen LogP contribution in [0.25, 0.3) is 0 Å². The van der Waals surface area contributed by atoms with Crippen molar-refractivity contribution in [1.82, 2.24) is 15.6 Å². The molecule has 0 amide bonds. The van der Waals surface area contributed by atoms with Gasteiger partial charge < -0.3 is 15.4 Å². The number of pyridine rings is 1. The zero-order valence-electron chi connectivity index (χ0n) is 14.7. The van der Waals surface area contributed by atoms with Crippen LogP contribution in [0.2, 0.25) is 0 Å². The van der Waals surface area contributed by atoms with Gasteiger partial charge in [-0.1, -0.05) is 36.4 Å². The largest absolute Gasteiger partial charge is 0.373 e. The summed E-state index contributed by atoms with van der Waals surface area (Å²) in [4.78, 5) is 8.63. The Hall–Kier alpha value is -2.40. The van der Waals surface area contributed by atoms with Gasteiger partial charge >= 0.3 is 0 Å². The number of guanidine groups is 1. The Morgan fingerprint density at radius 2 is 2.00 bits per heavy atom. The molecule has 5 heteroatoms. The minimum atomic E-state index is 0.149. The van der Waals surface area contributed by atoms with Crippen molar-refractivity contribution in [1.29, 1.82) is 0 Å². The van der Waals surface area contributed by atoms with Gasteiger partial charge in [0.2, 0.25) is 0 Å². The van der Waals surface area contributed by atoms with E-state index in [1.807, 2.05) is 24.3 Å². The van der Waals surface area contributed by atoms with Crippen LogP contribution in [-0.4, -0.2) is 31.1 Å². The average molecular weight is 338 g/mol. The third-order valence-corrected chi connectivity index (χ3v) is 4.49. The van der Waals surface area contributed by atoms with E-state index >= 15 is 0 Å². The van der Waals surface area contributed by atoms with Crippen LogP contribution in [0.1, 0.15) is 30.2 Å². The van der Waals surface area contributed by atoms with Crippen molar-refractivity contribution in [3.63, 3.8) is 0 Å². The Bertz CT molecular complexity index is 660. The lowest BCUT2D eigenvalue weighted by molar-refractivity contribution is -0.0265. The second-order valence-corrected chi connectivity index (χ2v) is 6.23. The minimum absolute atomic E-state index is 0.149. The molecular formula is C20H26N4O. The molecule has 1 aliphatic heterocycles. The van der Waals surface area contributed by atoms with Gasteiger partial charge in [0.05, 0.1) is 18.3 Å². The Labute approximate surface area is 149 Å². The highest BCUT2D eigenvalue weighted by Crippen LogP contribution is 2.32. The number of nitrogens with zero attached hydrogens (tertiary/aromatic N) is 2. The summed E-state index contributed by atoms with van der Waals surface area (Å²) in [6.45, 7) is 2.33. The van der Waals surface area contributed by atoms with E-state index in [-0.39, 0.29) is 6.10 Å². The van der Waals surface area contributed by atoms with Gasteiger partial charge in [0.1, 0.15) is 0 Å². The third kappa shape index (κ3) is 5.03. The van der Waals surface area contributed by atoms with Gasteiger partial charge in [-0.25, -0.2) is 0 Å². The fourth-order valence-electron chi connectivity index (χ4n) is 3.19. The number of hydrogen-bond acceptors (Lipinski definition) is 3. The van der Waals surface area contributed by atoms with Gasteiger partial charge in [-0.2, -0.15) is 0 Å². The maximum Gasteiger partial charge on any atom is 0.191 e. The van der Waals surface area contributed by atoms with Crippen LogP contribution < -0.4 is 10.6 Å². The van der Waals surface area contributed by atoms with Crippen molar-refractivity contribution in [3.05, 3.63) is 66.0 Å². The summed E-state index contributed by atoms with van der Waals surface area (Å²) in [5.74, 6) is 1.23. The summed E-state index contributed by atoms with van der Waals surface area (Å²) in [5.41, 5.74) is 2.25. The van der Waals surface area contributed by atoms with E-state index in [2.05, 4.69) is 44.9 Å². The van der Waals surface area contributed by atoms with Crippen LogP contribution in [0.3, 0.4) is 0 Å². The van der Waals surface area contributed by atoms with Crippen molar-refractivity contribution in [2.45, 2.75) is 25.5 Å². The number of ether oxygens (including phenoxy) is 1. The van der Waals surface area contributed by atoms with Crippen LogP contribution in [0.5, 0.6) is 0 Å². The molecule has 0 radical (unpaired) electrons. The smallest absolute Gasteiger partial charge is 0.191 e. The van der Waals surface area contributed by atoms with Crippen LogP contribution >= 0.6 is 0 Å². The standard InChI is InChI=1S/C20H26N4O/c1-21-20(24-15-18-11-5-6-12-22-18)23-14-17-10-7-13-25-19(17)16-8-3-2-4-9-16/h2-6,8-9,11-12,17,19H,7,10,13-15H2,1H3,(H2,21,23,24). The first kappa shape index (κ1) is 17.4. The predicted octanol–water partition coefficient (Wildman–Crippen LogP) is 2.91. The van der Waals surface area contributed by atoms with E-state index in [0.29, 0.717) is 12.5 Å². The van der Waals surface area contributed by atoms with Crippen molar-refractivity contribution < 1.29 is 4.74 Å². The molecule has 0 bridgehead atoms. The lowest BCUT2D eigenvalue weighted by atomic mass is 9.89. The molecule has 2 aromatic rings. The van der Waals surface area contributed by atoms with E-state index in [1.165, 1.54) is 5.56 Å². The van der Waals surface area contributed by atoms with Crippen LogP contribution in [0.4, 0.5) is 0 Å². The Morgan fingerprint density at radius 1 is 1.16 bits per heavy atom. The molecule has 0 spiro atoms. The summed E-state index contributed by atoms with van der Waals surface area (Å²) in [5, 5.41) is 6.76. The van der Waals surface area contributed by atoms with Crippen molar-refractivity contribution in [3.8, 4) is 0 Å². The van der Waals surface area contributed by atoms with E-state index < -0.39 is 0 Å². The number of hydrogen-bond donors (Lipinski definition) is 2. The molecule has 1 aromatic heterocycles. The first-order valence-electron chi connectivity index (χ1n) is 8.88. The summed E-state index contributed by atoms with van der Waals surface area (Å²) in [7, 11) is 1.79. The zero-order valence-corrected chi connectivity index (χ0v) is 14.7. The molecule has 0 saturated carbocycles. The fourth-order valence-corrected chi connectivity index (χ4v) is 3.19.